The number of hydrogen-bond acceptors (Lipinski definition) is 4. The summed E-state index contributed by atoms with van der Waals surface area (Å²) in [6, 6.07) is 18.1. The van der Waals surface area contributed by atoms with Crippen molar-refractivity contribution in [2.24, 2.45) is 0 Å². The molecule has 1 amide bonds. The average Bonchev–Trinajstić information content (AvgIpc) is 2.67. The first-order chi connectivity index (χ1) is 12.2. The Labute approximate surface area is 151 Å². The molecule has 126 valence electrons. The largest absolute Gasteiger partial charge is 0.351 e. The molecule has 25 heavy (non-hydrogen) atoms. The predicted octanol–water partition coefficient (Wildman–Crippen LogP) is 3.97. The molecule has 3 rings (SSSR count). The lowest BCUT2D eigenvalue weighted by Gasteiger charge is -2.06. The van der Waals surface area contributed by atoms with Crippen LogP contribution in [-0.2, 0) is 0 Å². The third-order valence-electron chi connectivity index (χ3n) is 3.62. The highest BCUT2D eigenvalue weighted by Gasteiger charge is 2.07. The van der Waals surface area contributed by atoms with Crippen molar-refractivity contribution in [3.05, 3.63) is 78.1 Å². The van der Waals surface area contributed by atoms with E-state index in [1.165, 1.54) is 10.5 Å². The molecule has 0 radical (unpaired) electrons. The van der Waals surface area contributed by atoms with Crippen LogP contribution >= 0.6 is 11.8 Å². The van der Waals surface area contributed by atoms with E-state index >= 15 is 0 Å². The van der Waals surface area contributed by atoms with Crippen molar-refractivity contribution >= 4 is 17.7 Å². The summed E-state index contributed by atoms with van der Waals surface area (Å²) in [7, 11) is 0. The van der Waals surface area contributed by atoms with Crippen LogP contribution < -0.4 is 5.32 Å². The van der Waals surface area contributed by atoms with E-state index in [1.807, 2.05) is 30.3 Å². The van der Waals surface area contributed by atoms with Crippen molar-refractivity contribution in [2.75, 3.05) is 12.3 Å². The minimum absolute atomic E-state index is 0.149. The highest BCUT2D eigenvalue weighted by atomic mass is 32.2. The molecular weight excluding hydrogens is 330 g/mol. The second kappa shape index (κ2) is 8.44. The molecule has 3 aromatic rings. The van der Waals surface area contributed by atoms with Gasteiger partial charge in [-0.15, -0.1) is 11.8 Å². The normalized spacial score (nSPS) is 10.4. The lowest BCUT2D eigenvalue weighted by atomic mass is 10.2. The van der Waals surface area contributed by atoms with E-state index in [0.29, 0.717) is 17.9 Å². The molecule has 2 aromatic carbocycles. The summed E-state index contributed by atoms with van der Waals surface area (Å²) in [6.07, 6.45) is 3.13. The molecule has 4 nitrogen and oxygen atoms in total. The Morgan fingerprint density at radius 3 is 2.36 bits per heavy atom. The van der Waals surface area contributed by atoms with Gasteiger partial charge in [0.15, 0.2) is 5.82 Å². The Morgan fingerprint density at radius 2 is 1.68 bits per heavy atom. The molecule has 0 fully saturated rings. The highest BCUT2D eigenvalue weighted by Crippen LogP contribution is 2.17. The second-order valence-electron chi connectivity index (χ2n) is 5.58. The van der Waals surface area contributed by atoms with Crippen LogP contribution in [0.1, 0.15) is 15.9 Å². The number of hydrogen-bond donors (Lipinski definition) is 1. The van der Waals surface area contributed by atoms with Crippen LogP contribution in [0, 0.1) is 6.92 Å². The standard InChI is InChI=1S/C20H19N3OS/c1-15-7-9-18(10-8-15)25-12-11-21-20(24)17-13-22-19(23-14-17)16-5-3-2-4-6-16/h2-10,13-14H,11-12H2,1H3,(H,21,24). The fourth-order valence-corrected chi connectivity index (χ4v) is 3.02. The number of thioether (sulfide) groups is 1. The lowest BCUT2D eigenvalue weighted by molar-refractivity contribution is 0.0955. The van der Waals surface area contributed by atoms with Crippen molar-refractivity contribution in [3.8, 4) is 11.4 Å². The minimum Gasteiger partial charge on any atom is -0.351 e. The Kier molecular flexibility index (Phi) is 5.80. The third kappa shape index (κ3) is 4.90. The Morgan fingerprint density at radius 1 is 1.00 bits per heavy atom. The van der Waals surface area contributed by atoms with Gasteiger partial charge in [-0.05, 0) is 19.1 Å². The number of aromatic nitrogens is 2. The van der Waals surface area contributed by atoms with Crippen LogP contribution in [0.3, 0.4) is 0 Å². The van der Waals surface area contributed by atoms with Crippen molar-refractivity contribution in [2.45, 2.75) is 11.8 Å². The van der Waals surface area contributed by atoms with E-state index < -0.39 is 0 Å². The van der Waals surface area contributed by atoms with Gasteiger partial charge in [0.1, 0.15) is 0 Å². The zero-order valence-corrected chi connectivity index (χ0v) is 14.8. The summed E-state index contributed by atoms with van der Waals surface area (Å²) in [5.74, 6) is 1.29. The fourth-order valence-electron chi connectivity index (χ4n) is 2.25. The van der Waals surface area contributed by atoms with Gasteiger partial charge < -0.3 is 5.32 Å². The van der Waals surface area contributed by atoms with Gasteiger partial charge in [0, 0.05) is 35.2 Å². The average molecular weight is 349 g/mol. The molecule has 0 atom stereocenters. The number of carbonyl (C=O) groups excluding carboxylic acids is 1. The summed E-state index contributed by atoms with van der Waals surface area (Å²) in [5.41, 5.74) is 2.65. The third-order valence-corrected chi connectivity index (χ3v) is 4.64. The lowest BCUT2D eigenvalue weighted by Crippen LogP contribution is -2.26. The SMILES string of the molecule is Cc1ccc(SCCNC(=O)c2cnc(-c3ccccc3)nc2)cc1. The summed E-state index contributed by atoms with van der Waals surface area (Å²) in [5, 5.41) is 2.90. The van der Waals surface area contributed by atoms with Crippen LogP contribution in [-0.4, -0.2) is 28.2 Å². The van der Waals surface area contributed by atoms with Crippen LogP contribution in [0.5, 0.6) is 0 Å². The number of rotatable bonds is 6. The maximum Gasteiger partial charge on any atom is 0.254 e. The van der Waals surface area contributed by atoms with E-state index in [0.717, 1.165) is 11.3 Å². The predicted molar refractivity (Wildman–Crippen MR) is 102 cm³/mol. The Balaban J connectivity index is 1.49. The van der Waals surface area contributed by atoms with Crippen molar-refractivity contribution in [3.63, 3.8) is 0 Å². The van der Waals surface area contributed by atoms with Crippen LogP contribution in [0.2, 0.25) is 0 Å². The molecule has 0 saturated heterocycles. The van der Waals surface area contributed by atoms with E-state index in [4.69, 9.17) is 0 Å². The summed E-state index contributed by atoms with van der Waals surface area (Å²) >= 11 is 1.72. The summed E-state index contributed by atoms with van der Waals surface area (Å²) in [4.78, 5) is 21.9. The van der Waals surface area contributed by atoms with Gasteiger partial charge in [-0.25, -0.2) is 9.97 Å². The molecule has 0 bridgehead atoms. The zero-order chi connectivity index (χ0) is 17.5. The van der Waals surface area contributed by atoms with Gasteiger partial charge in [-0.2, -0.15) is 0 Å². The zero-order valence-electron chi connectivity index (χ0n) is 14.0. The topological polar surface area (TPSA) is 54.9 Å². The molecule has 0 aliphatic carbocycles. The van der Waals surface area contributed by atoms with Gasteiger partial charge in [0.2, 0.25) is 0 Å². The first-order valence-electron chi connectivity index (χ1n) is 8.07. The molecule has 0 aliphatic rings. The van der Waals surface area contributed by atoms with Crippen molar-refractivity contribution < 1.29 is 4.79 Å². The van der Waals surface area contributed by atoms with Gasteiger partial charge in [0.05, 0.1) is 5.56 Å². The maximum absolute atomic E-state index is 12.1. The van der Waals surface area contributed by atoms with Crippen molar-refractivity contribution in [1.82, 2.24) is 15.3 Å². The minimum atomic E-state index is -0.149. The number of aryl methyl sites for hydroxylation is 1. The number of benzene rings is 2. The number of amides is 1. The molecule has 0 spiro atoms. The molecular formula is C20H19N3OS. The molecule has 5 heteroatoms. The van der Waals surface area contributed by atoms with Gasteiger partial charge >= 0.3 is 0 Å². The molecule has 1 aromatic heterocycles. The fraction of sp³-hybridized carbons (Fsp3) is 0.150. The van der Waals surface area contributed by atoms with Gasteiger partial charge in [-0.3, -0.25) is 4.79 Å². The summed E-state index contributed by atoms with van der Waals surface area (Å²) < 4.78 is 0. The van der Waals surface area contributed by atoms with Gasteiger partial charge in [-0.1, -0.05) is 48.0 Å². The molecule has 1 heterocycles. The quantitative estimate of drug-likeness (QED) is 0.540. The van der Waals surface area contributed by atoms with E-state index in [2.05, 4.69) is 46.5 Å². The molecule has 0 aliphatic heterocycles. The maximum atomic E-state index is 12.1. The van der Waals surface area contributed by atoms with Gasteiger partial charge in [0.25, 0.3) is 5.91 Å². The van der Waals surface area contributed by atoms with Crippen LogP contribution in [0.15, 0.2) is 71.9 Å². The number of carbonyl (C=O) groups is 1. The summed E-state index contributed by atoms with van der Waals surface area (Å²) in [6.45, 7) is 2.66. The first kappa shape index (κ1) is 17.2. The van der Waals surface area contributed by atoms with E-state index in [1.54, 1.807) is 24.2 Å². The Hall–Kier alpha value is -2.66. The van der Waals surface area contributed by atoms with E-state index in [9.17, 15) is 4.79 Å². The molecule has 1 N–H and O–H groups in total. The highest BCUT2D eigenvalue weighted by molar-refractivity contribution is 7.99. The number of nitrogens with one attached hydrogen (secondary N) is 1. The molecule has 0 unspecified atom stereocenters. The molecule has 0 saturated carbocycles. The van der Waals surface area contributed by atoms with Crippen LogP contribution in [0.25, 0.3) is 11.4 Å². The smallest absolute Gasteiger partial charge is 0.254 e. The van der Waals surface area contributed by atoms with Crippen LogP contribution in [0.4, 0.5) is 0 Å². The first-order valence-corrected chi connectivity index (χ1v) is 9.06. The Bertz CT molecular complexity index is 818. The van der Waals surface area contributed by atoms with Crippen molar-refractivity contribution in [1.29, 1.82) is 0 Å². The monoisotopic (exact) mass is 349 g/mol. The van der Waals surface area contributed by atoms with E-state index in [-0.39, 0.29) is 5.91 Å². The second-order valence-corrected chi connectivity index (χ2v) is 6.75. The number of nitrogens with zero attached hydrogens (tertiary/aromatic N) is 2.